The largest absolute Gasteiger partial charge is 0.462 e. The summed E-state index contributed by atoms with van der Waals surface area (Å²) in [4.78, 5) is 25.4. The van der Waals surface area contributed by atoms with Crippen molar-refractivity contribution >= 4 is 22.1 Å². The lowest BCUT2D eigenvalue weighted by Crippen LogP contribution is -2.60. The second-order valence-corrected chi connectivity index (χ2v) is 16.8. The molecule has 1 saturated heterocycles. The summed E-state index contributed by atoms with van der Waals surface area (Å²) < 4.78 is 54.0. The van der Waals surface area contributed by atoms with Crippen molar-refractivity contribution in [2.45, 2.75) is 192 Å². The first kappa shape index (κ1) is 55.1. The van der Waals surface area contributed by atoms with Crippen LogP contribution in [0.1, 0.15) is 155 Å². The number of esters is 2. The SMILES string of the molecule is CC/C=C/C/C=C/C/C=C/C/C=C/C/C=C/CCCCCC(=O)OC[C@H](CO[C@H]1O[C@H](CS(=O)(=O)O)[C@@H](O)C(O)C1O)OC(=O)CCCCCCC/C=C/CCCCCC. The summed E-state index contributed by atoms with van der Waals surface area (Å²) in [6.45, 7) is 3.58. The maximum atomic E-state index is 12.8. The number of ether oxygens (including phenoxy) is 4. The lowest BCUT2D eigenvalue weighted by Gasteiger charge is -2.40. The molecule has 0 spiro atoms. The Bertz CT molecular complexity index is 1390. The van der Waals surface area contributed by atoms with Gasteiger partial charge in [0.1, 0.15) is 36.8 Å². The van der Waals surface area contributed by atoms with Crippen LogP contribution in [0.4, 0.5) is 0 Å². The van der Waals surface area contributed by atoms with Crippen molar-refractivity contribution in [2.75, 3.05) is 19.0 Å². The van der Waals surface area contributed by atoms with Crippen molar-refractivity contribution in [3.8, 4) is 0 Å². The van der Waals surface area contributed by atoms with E-state index >= 15 is 0 Å². The molecule has 1 aliphatic rings. The van der Waals surface area contributed by atoms with Gasteiger partial charge >= 0.3 is 11.9 Å². The standard InChI is InChI=1S/C47H78O12S/c1-3-5-7-9-11-13-15-17-18-19-20-21-22-24-25-27-29-31-33-35-42(48)56-37-40(38-57-47-46(52)45(51)44(50)41(59-47)39-60(53,54)55)58-43(49)36-34-32-30-28-26-23-16-14-12-10-8-6-4-2/h5,7,11,13-14,16-18,20-21,24-25,40-41,44-47,50-52H,3-4,6,8-10,12,15,19,22-23,26-39H2,1-2H3,(H,53,54,55)/b7-5+,13-11+,16-14+,18-17+,21-20+,25-24+/t40-,41-,44-,45?,46?,47+/m1/s1. The van der Waals surface area contributed by atoms with Gasteiger partial charge in [-0.3, -0.25) is 14.1 Å². The average Bonchev–Trinajstić information content (AvgIpc) is 3.21. The third-order valence-electron chi connectivity index (χ3n) is 9.77. The summed E-state index contributed by atoms with van der Waals surface area (Å²) in [6, 6.07) is 0. The van der Waals surface area contributed by atoms with E-state index in [0.717, 1.165) is 89.9 Å². The van der Waals surface area contributed by atoms with Crippen LogP contribution >= 0.6 is 0 Å². The molecule has 0 aromatic carbocycles. The summed E-state index contributed by atoms with van der Waals surface area (Å²) in [5, 5.41) is 30.9. The highest BCUT2D eigenvalue weighted by Crippen LogP contribution is 2.24. The van der Waals surface area contributed by atoms with Gasteiger partial charge in [0.25, 0.3) is 10.1 Å². The zero-order chi connectivity index (χ0) is 44.1. The molecule has 1 rings (SSSR count). The van der Waals surface area contributed by atoms with Crippen LogP contribution in [0.25, 0.3) is 0 Å². The van der Waals surface area contributed by atoms with Gasteiger partial charge in [-0.1, -0.05) is 132 Å². The summed E-state index contributed by atoms with van der Waals surface area (Å²) in [5.74, 6) is -2.05. The van der Waals surface area contributed by atoms with E-state index in [2.05, 4.69) is 86.8 Å². The number of allylic oxidation sites excluding steroid dienone is 12. The predicted molar refractivity (Wildman–Crippen MR) is 238 cm³/mol. The van der Waals surface area contributed by atoms with Crippen molar-refractivity contribution in [1.29, 1.82) is 0 Å². The fourth-order valence-corrected chi connectivity index (χ4v) is 6.98. The highest BCUT2D eigenvalue weighted by Gasteiger charge is 2.46. The number of aliphatic hydroxyl groups is 3. The van der Waals surface area contributed by atoms with Crippen LogP contribution in [0.5, 0.6) is 0 Å². The van der Waals surface area contributed by atoms with Crippen LogP contribution in [-0.2, 0) is 38.7 Å². The third-order valence-corrected chi connectivity index (χ3v) is 10.5. The van der Waals surface area contributed by atoms with Crippen molar-refractivity contribution < 1.29 is 56.8 Å². The van der Waals surface area contributed by atoms with Gasteiger partial charge in [0.2, 0.25) is 0 Å². The van der Waals surface area contributed by atoms with Crippen LogP contribution in [0.15, 0.2) is 72.9 Å². The normalized spacial score (nSPS) is 20.8. The van der Waals surface area contributed by atoms with Crippen molar-refractivity contribution in [3.63, 3.8) is 0 Å². The van der Waals surface area contributed by atoms with E-state index in [0.29, 0.717) is 12.8 Å². The van der Waals surface area contributed by atoms with Crippen LogP contribution in [0.2, 0.25) is 0 Å². The monoisotopic (exact) mass is 867 g/mol. The maximum absolute atomic E-state index is 12.8. The number of carbonyl (C=O) groups is 2. The Labute approximate surface area is 361 Å². The van der Waals surface area contributed by atoms with Gasteiger partial charge in [0.05, 0.1) is 6.61 Å². The van der Waals surface area contributed by atoms with Crippen LogP contribution in [0.3, 0.4) is 0 Å². The van der Waals surface area contributed by atoms with Gasteiger partial charge in [0.15, 0.2) is 12.4 Å². The molecular weight excluding hydrogens is 789 g/mol. The molecule has 0 aliphatic carbocycles. The molecule has 1 aliphatic heterocycles. The molecular formula is C47H78O12S. The van der Waals surface area contributed by atoms with E-state index in [9.17, 15) is 37.9 Å². The Morgan fingerprint density at radius 1 is 0.583 bits per heavy atom. The van der Waals surface area contributed by atoms with E-state index in [-0.39, 0.29) is 19.4 Å². The molecule has 12 nitrogen and oxygen atoms in total. The first-order valence-electron chi connectivity index (χ1n) is 22.5. The smallest absolute Gasteiger partial charge is 0.306 e. The third kappa shape index (κ3) is 31.0. The topological polar surface area (TPSA) is 186 Å². The van der Waals surface area contributed by atoms with Gasteiger partial charge in [-0.05, 0) is 83.5 Å². The van der Waals surface area contributed by atoms with Crippen molar-refractivity contribution in [1.82, 2.24) is 0 Å². The van der Waals surface area contributed by atoms with Crippen LogP contribution < -0.4 is 0 Å². The number of rotatable bonds is 36. The second-order valence-electron chi connectivity index (χ2n) is 15.3. The number of hydrogen-bond acceptors (Lipinski definition) is 11. The van der Waals surface area contributed by atoms with Crippen molar-refractivity contribution in [3.05, 3.63) is 72.9 Å². The number of carbonyl (C=O) groups excluding carboxylic acids is 2. The van der Waals surface area contributed by atoms with Gasteiger partial charge in [-0.2, -0.15) is 8.42 Å². The van der Waals surface area contributed by atoms with E-state index in [1.165, 1.54) is 25.7 Å². The summed E-state index contributed by atoms with van der Waals surface area (Å²) in [7, 11) is -4.61. The molecule has 60 heavy (non-hydrogen) atoms. The van der Waals surface area contributed by atoms with Gasteiger partial charge < -0.3 is 34.3 Å². The number of unbranched alkanes of at least 4 members (excludes halogenated alkanes) is 12. The second kappa shape index (κ2) is 36.7. The highest BCUT2D eigenvalue weighted by molar-refractivity contribution is 7.85. The molecule has 344 valence electrons. The molecule has 6 atom stereocenters. The lowest BCUT2D eigenvalue weighted by molar-refractivity contribution is -0.297. The number of aliphatic hydroxyl groups excluding tert-OH is 3. The minimum Gasteiger partial charge on any atom is -0.462 e. The molecule has 1 heterocycles. The molecule has 1 fully saturated rings. The molecule has 0 bridgehead atoms. The Morgan fingerprint density at radius 3 is 1.60 bits per heavy atom. The van der Waals surface area contributed by atoms with Gasteiger partial charge in [-0.25, -0.2) is 0 Å². The Hall–Kier alpha value is -2.91. The molecule has 2 unspecified atom stereocenters. The first-order chi connectivity index (χ1) is 29.0. The summed E-state index contributed by atoms with van der Waals surface area (Å²) >= 11 is 0. The van der Waals surface area contributed by atoms with Gasteiger partial charge in [-0.15, -0.1) is 0 Å². The minimum atomic E-state index is -4.61. The minimum absolute atomic E-state index is 0.143. The molecule has 0 aromatic rings. The van der Waals surface area contributed by atoms with Gasteiger partial charge in [0, 0.05) is 12.8 Å². The molecule has 0 aromatic heterocycles. The molecule has 13 heteroatoms. The molecule has 0 amide bonds. The van der Waals surface area contributed by atoms with E-state index in [1.54, 1.807) is 0 Å². The van der Waals surface area contributed by atoms with Crippen LogP contribution in [0, 0.1) is 0 Å². The molecule has 0 saturated carbocycles. The first-order valence-corrected chi connectivity index (χ1v) is 24.1. The fourth-order valence-electron chi connectivity index (χ4n) is 6.28. The molecule has 0 radical (unpaired) electrons. The zero-order valence-electron chi connectivity index (χ0n) is 36.5. The summed E-state index contributed by atoms with van der Waals surface area (Å²) in [5.41, 5.74) is 0. The predicted octanol–water partition coefficient (Wildman–Crippen LogP) is 9.11. The fraction of sp³-hybridized carbons (Fsp3) is 0.702. The van der Waals surface area contributed by atoms with Crippen LogP contribution in [-0.4, -0.2) is 96.0 Å². The Balaban J connectivity index is 2.48. The Morgan fingerprint density at radius 2 is 1.05 bits per heavy atom. The maximum Gasteiger partial charge on any atom is 0.306 e. The zero-order valence-corrected chi connectivity index (χ0v) is 37.3. The highest BCUT2D eigenvalue weighted by atomic mass is 32.2. The summed E-state index contributed by atoms with van der Waals surface area (Å²) in [6.07, 6.45) is 36.6. The number of hydrogen-bond donors (Lipinski definition) is 4. The molecule has 4 N–H and O–H groups in total. The lowest BCUT2D eigenvalue weighted by atomic mass is 10.00. The van der Waals surface area contributed by atoms with Crippen molar-refractivity contribution in [2.24, 2.45) is 0 Å². The average molecular weight is 867 g/mol. The van der Waals surface area contributed by atoms with E-state index < -0.39 is 71.2 Å². The van der Waals surface area contributed by atoms with E-state index in [1.807, 2.05) is 0 Å². The van der Waals surface area contributed by atoms with E-state index in [4.69, 9.17) is 18.9 Å². The quantitative estimate of drug-likeness (QED) is 0.0203. The Kier molecular flexibility index (Phi) is 33.7.